The second kappa shape index (κ2) is 5.21. The maximum atomic E-state index is 12.1. The fourth-order valence-corrected chi connectivity index (χ4v) is 2.46. The average molecular weight is 247 g/mol. The first-order valence-electron chi connectivity index (χ1n) is 6.21. The van der Waals surface area contributed by atoms with Gasteiger partial charge in [-0.25, -0.2) is 0 Å². The van der Waals surface area contributed by atoms with Crippen LogP contribution < -0.4 is 4.90 Å². The molecule has 1 aromatic rings. The van der Waals surface area contributed by atoms with Crippen LogP contribution in [-0.4, -0.2) is 23.0 Å². The molecular weight excluding hydrogens is 230 g/mol. The second-order valence-electron chi connectivity index (χ2n) is 4.69. The van der Waals surface area contributed by atoms with Gasteiger partial charge in [0.2, 0.25) is 5.91 Å². The quantitative estimate of drug-likeness (QED) is 0.887. The van der Waals surface area contributed by atoms with E-state index in [9.17, 15) is 9.59 Å². The topological polar surface area (TPSA) is 57.6 Å². The summed E-state index contributed by atoms with van der Waals surface area (Å²) in [6, 6.07) is 8.06. The third-order valence-electron chi connectivity index (χ3n) is 3.26. The summed E-state index contributed by atoms with van der Waals surface area (Å²) in [4.78, 5) is 24.4. The molecule has 0 radical (unpaired) electrons. The van der Waals surface area contributed by atoms with Gasteiger partial charge in [0.15, 0.2) is 0 Å². The fraction of sp³-hybridized carbons (Fsp3) is 0.429. The van der Waals surface area contributed by atoms with E-state index in [0.717, 1.165) is 12.1 Å². The number of carboxylic acid groups (broad SMARTS) is 1. The summed E-state index contributed by atoms with van der Waals surface area (Å²) in [7, 11) is 0. The zero-order valence-corrected chi connectivity index (χ0v) is 10.4. The van der Waals surface area contributed by atoms with Gasteiger partial charge < -0.3 is 10.0 Å². The first kappa shape index (κ1) is 12.6. The number of carboxylic acids is 1. The third kappa shape index (κ3) is 2.53. The Morgan fingerprint density at radius 2 is 2.06 bits per heavy atom. The van der Waals surface area contributed by atoms with Crippen LogP contribution in [-0.2, 0) is 16.0 Å². The molecule has 1 amide bonds. The van der Waals surface area contributed by atoms with Crippen molar-refractivity contribution in [3.05, 3.63) is 29.8 Å². The zero-order valence-electron chi connectivity index (χ0n) is 10.4. The van der Waals surface area contributed by atoms with Gasteiger partial charge in [-0.15, -0.1) is 0 Å². The first-order valence-corrected chi connectivity index (χ1v) is 6.21. The van der Waals surface area contributed by atoms with Crippen LogP contribution in [0.3, 0.4) is 0 Å². The van der Waals surface area contributed by atoms with E-state index in [1.54, 1.807) is 4.90 Å². The highest BCUT2D eigenvalue weighted by Gasteiger charge is 2.29. The van der Waals surface area contributed by atoms with Crippen molar-refractivity contribution in [1.29, 1.82) is 0 Å². The second-order valence-corrected chi connectivity index (χ2v) is 4.69. The van der Waals surface area contributed by atoms with E-state index in [2.05, 4.69) is 0 Å². The van der Waals surface area contributed by atoms with Gasteiger partial charge >= 0.3 is 5.97 Å². The molecule has 1 heterocycles. The molecule has 0 saturated carbocycles. The van der Waals surface area contributed by atoms with Crippen molar-refractivity contribution < 1.29 is 14.7 Å². The highest BCUT2D eigenvalue weighted by atomic mass is 16.4. The summed E-state index contributed by atoms with van der Waals surface area (Å²) in [5, 5.41) is 8.58. The summed E-state index contributed by atoms with van der Waals surface area (Å²) in [6.45, 7) is 2.02. The molecule has 4 heteroatoms. The van der Waals surface area contributed by atoms with E-state index >= 15 is 0 Å². The van der Waals surface area contributed by atoms with E-state index < -0.39 is 5.97 Å². The number of nitrogens with zero attached hydrogens (tertiary/aromatic N) is 1. The molecule has 1 aromatic carbocycles. The lowest BCUT2D eigenvalue weighted by Gasteiger charge is -2.22. The third-order valence-corrected chi connectivity index (χ3v) is 3.26. The molecule has 0 fully saturated rings. The Morgan fingerprint density at radius 1 is 1.33 bits per heavy atom. The monoisotopic (exact) mass is 247 g/mol. The van der Waals surface area contributed by atoms with Crippen LogP contribution >= 0.6 is 0 Å². The Kier molecular flexibility index (Phi) is 3.65. The molecule has 1 N–H and O–H groups in total. The number of para-hydroxylation sites is 1. The lowest BCUT2D eigenvalue weighted by atomic mass is 10.1. The van der Waals surface area contributed by atoms with Gasteiger partial charge in [0.05, 0.1) is 0 Å². The molecular formula is C14H17NO3. The summed E-state index contributed by atoms with van der Waals surface area (Å²) < 4.78 is 0. The number of hydrogen-bond acceptors (Lipinski definition) is 2. The van der Waals surface area contributed by atoms with Gasteiger partial charge in [0.1, 0.15) is 0 Å². The van der Waals surface area contributed by atoms with Crippen LogP contribution in [0.2, 0.25) is 0 Å². The SMILES string of the molecule is CC1Cc2ccccc2N1C(=O)CCCC(=O)O. The summed E-state index contributed by atoms with van der Waals surface area (Å²) in [5.41, 5.74) is 2.17. The van der Waals surface area contributed by atoms with Crippen molar-refractivity contribution in [1.82, 2.24) is 0 Å². The number of hydrogen-bond donors (Lipinski definition) is 1. The zero-order chi connectivity index (χ0) is 13.1. The number of rotatable bonds is 4. The van der Waals surface area contributed by atoms with Crippen molar-refractivity contribution in [2.45, 2.75) is 38.6 Å². The lowest BCUT2D eigenvalue weighted by molar-refractivity contribution is -0.137. The number of carbonyl (C=O) groups excluding carboxylic acids is 1. The van der Waals surface area contributed by atoms with Gasteiger partial charge in [-0.1, -0.05) is 18.2 Å². The van der Waals surface area contributed by atoms with Crippen molar-refractivity contribution in [3.63, 3.8) is 0 Å². The number of amides is 1. The summed E-state index contributed by atoms with van der Waals surface area (Å²) >= 11 is 0. The van der Waals surface area contributed by atoms with Gasteiger partial charge in [0.25, 0.3) is 0 Å². The van der Waals surface area contributed by atoms with Crippen LogP contribution in [0.5, 0.6) is 0 Å². The molecule has 1 unspecified atom stereocenters. The van der Waals surface area contributed by atoms with Crippen LogP contribution in [0.25, 0.3) is 0 Å². The molecule has 0 aliphatic carbocycles. The van der Waals surface area contributed by atoms with Crippen molar-refractivity contribution in [3.8, 4) is 0 Å². The molecule has 96 valence electrons. The molecule has 2 rings (SSSR count). The van der Waals surface area contributed by atoms with Gasteiger partial charge in [0, 0.05) is 24.6 Å². The van der Waals surface area contributed by atoms with Gasteiger partial charge in [-0.2, -0.15) is 0 Å². The van der Waals surface area contributed by atoms with Crippen molar-refractivity contribution in [2.24, 2.45) is 0 Å². The smallest absolute Gasteiger partial charge is 0.303 e. The normalized spacial score (nSPS) is 17.6. The molecule has 0 bridgehead atoms. The summed E-state index contributed by atoms with van der Waals surface area (Å²) in [5.74, 6) is -0.827. The molecule has 18 heavy (non-hydrogen) atoms. The Balaban J connectivity index is 2.04. The highest BCUT2D eigenvalue weighted by molar-refractivity contribution is 5.96. The molecule has 4 nitrogen and oxygen atoms in total. The number of anilines is 1. The van der Waals surface area contributed by atoms with E-state index in [1.165, 1.54) is 5.56 Å². The predicted octanol–water partition coefficient (Wildman–Crippen LogP) is 2.22. The maximum absolute atomic E-state index is 12.1. The van der Waals surface area contributed by atoms with Crippen LogP contribution in [0, 0.1) is 0 Å². The van der Waals surface area contributed by atoms with Gasteiger partial charge in [-0.05, 0) is 31.4 Å². The van der Waals surface area contributed by atoms with E-state index in [0.29, 0.717) is 12.8 Å². The molecule has 0 saturated heterocycles. The molecule has 0 spiro atoms. The van der Waals surface area contributed by atoms with Crippen molar-refractivity contribution >= 4 is 17.6 Å². The minimum Gasteiger partial charge on any atom is -0.481 e. The fourth-order valence-electron chi connectivity index (χ4n) is 2.46. The van der Waals surface area contributed by atoms with Crippen LogP contribution in [0.1, 0.15) is 31.7 Å². The van der Waals surface area contributed by atoms with Crippen LogP contribution in [0.4, 0.5) is 5.69 Å². The lowest BCUT2D eigenvalue weighted by Crippen LogP contribution is -2.35. The Hall–Kier alpha value is -1.84. The molecule has 1 aliphatic rings. The average Bonchev–Trinajstić information content (AvgIpc) is 2.64. The first-order chi connectivity index (χ1) is 8.59. The Bertz CT molecular complexity index is 470. The largest absolute Gasteiger partial charge is 0.481 e. The number of benzene rings is 1. The van der Waals surface area contributed by atoms with E-state index in [-0.39, 0.29) is 18.4 Å². The molecule has 0 aromatic heterocycles. The number of carbonyl (C=O) groups is 2. The minimum atomic E-state index is -0.849. The van der Waals surface area contributed by atoms with E-state index in [4.69, 9.17) is 5.11 Å². The highest BCUT2D eigenvalue weighted by Crippen LogP contribution is 2.32. The van der Waals surface area contributed by atoms with Gasteiger partial charge in [-0.3, -0.25) is 9.59 Å². The van der Waals surface area contributed by atoms with Crippen molar-refractivity contribution in [2.75, 3.05) is 4.90 Å². The molecule has 1 atom stereocenters. The Morgan fingerprint density at radius 3 is 2.78 bits per heavy atom. The summed E-state index contributed by atoms with van der Waals surface area (Å²) in [6.07, 6.45) is 1.63. The standard InChI is InChI=1S/C14H17NO3/c1-10-9-11-5-2-3-6-12(11)15(10)13(16)7-4-8-14(17)18/h2-3,5-6,10H,4,7-9H2,1H3,(H,17,18). The predicted molar refractivity (Wildman–Crippen MR) is 68.6 cm³/mol. The number of aliphatic carboxylic acids is 1. The maximum Gasteiger partial charge on any atom is 0.303 e. The molecule has 1 aliphatic heterocycles. The number of fused-ring (bicyclic) bond motifs is 1. The minimum absolute atomic E-state index is 0.0219. The van der Waals surface area contributed by atoms with Crippen LogP contribution in [0.15, 0.2) is 24.3 Å². The Labute approximate surface area is 106 Å². The van der Waals surface area contributed by atoms with E-state index in [1.807, 2.05) is 31.2 Å².